The van der Waals surface area contributed by atoms with E-state index < -0.39 is 5.41 Å². The first-order chi connectivity index (χ1) is 17.3. The first kappa shape index (κ1) is 26.0. The summed E-state index contributed by atoms with van der Waals surface area (Å²) in [6.45, 7) is 4.90. The maximum Gasteiger partial charge on any atom is 0.254 e. The predicted molar refractivity (Wildman–Crippen MR) is 151 cm³/mol. The minimum atomic E-state index is -0.403. The van der Waals surface area contributed by atoms with E-state index in [-0.39, 0.29) is 48.3 Å². The van der Waals surface area contributed by atoms with Crippen molar-refractivity contribution in [1.29, 1.82) is 0 Å². The number of hydrogen-bond donors (Lipinski definition) is 2. The Morgan fingerprint density at radius 2 is 1.97 bits per heavy atom. The molecule has 2 N–H and O–H groups in total. The number of nitrogens with zero attached hydrogens (tertiary/aromatic N) is 1. The van der Waals surface area contributed by atoms with Crippen molar-refractivity contribution in [2.24, 2.45) is 11.3 Å². The number of amides is 2. The fraction of sp³-hybridized carbons (Fsp3) is 0.517. The number of likely N-dealkylation sites (tertiary alicyclic amines) is 1. The van der Waals surface area contributed by atoms with Crippen LogP contribution in [0.15, 0.2) is 42.5 Å². The summed E-state index contributed by atoms with van der Waals surface area (Å²) in [5.41, 5.74) is 3.74. The van der Waals surface area contributed by atoms with Gasteiger partial charge in [0.05, 0.1) is 18.1 Å². The minimum absolute atomic E-state index is 0.0112. The van der Waals surface area contributed by atoms with Crippen LogP contribution >= 0.6 is 34.2 Å². The molecule has 2 aromatic rings. The summed E-state index contributed by atoms with van der Waals surface area (Å²) in [6, 6.07) is 14.5. The molecule has 2 saturated heterocycles. The Labute approximate surface area is 232 Å². The van der Waals surface area contributed by atoms with Crippen molar-refractivity contribution in [3.8, 4) is 0 Å². The number of hydrogen-bond acceptors (Lipinski definition) is 3. The van der Waals surface area contributed by atoms with Crippen molar-refractivity contribution in [2.75, 3.05) is 13.2 Å². The van der Waals surface area contributed by atoms with Crippen LogP contribution in [0.2, 0.25) is 5.02 Å². The van der Waals surface area contributed by atoms with Gasteiger partial charge in [-0.25, -0.2) is 0 Å². The van der Waals surface area contributed by atoms with Crippen LogP contribution in [0, 0.1) is 11.3 Å². The molecule has 1 aliphatic carbocycles. The van der Waals surface area contributed by atoms with Gasteiger partial charge in [0.25, 0.3) is 5.91 Å². The van der Waals surface area contributed by atoms with Crippen LogP contribution in [0.3, 0.4) is 0 Å². The van der Waals surface area contributed by atoms with E-state index >= 15 is 0 Å². The van der Waals surface area contributed by atoms with Crippen molar-refractivity contribution in [3.05, 3.63) is 69.7 Å². The van der Waals surface area contributed by atoms with Crippen LogP contribution in [0.5, 0.6) is 0 Å². The average Bonchev–Trinajstić information content (AvgIpc) is 3.45. The molecular weight excluding hydrogens is 587 g/mol. The van der Waals surface area contributed by atoms with Crippen LogP contribution in [0.4, 0.5) is 0 Å². The smallest absolute Gasteiger partial charge is 0.254 e. The lowest BCUT2D eigenvalue weighted by Crippen LogP contribution is -2.42. The van der Waals surface area contributed by atoms with Crippen molar-refractivity contribution in [2.45, 2.75) is 67.9 Å². The Bertz CT molecular complexity index is 1160. The second kappa shape index (κ2) is 10.3. The molecule has 3 aliphatic rings. The Balaban J connectivity index is 1.52. The molecule has 2 aliphatic heterocycles. The highest BCUT2D eigenvalue weighted by Gasteiger charge is 2.57. The number of aliphatic hydroxyl groups excluding tert-OH is 1. The van der Waals surface area contributed by atoms with Crippen LogP contribution in [-0.2, 0) is 9.22 Å². The van der Waals surface area contributed by atoms with E-state index in [1.165, 1.54) is 11.1 Å². The van der Waals surface area contributed by atoms with E-state index in [0.717, 1.165) is 35.7 Å². The fourth-order valence-electron chi connectivity index (χ4n) is 7.07. The molecule has 0 aromatic heterocycles. The molecule has 2 heterocycles. The fourth-order valence-corrected chi connectivity index (χ4v) is 7.90. The number of alkyl halides is 1. The number of halogens is 2. The van der Waals surface area contributed by atoms with Gasteiger partial charge in [-0.3, -0.25) is 9.59 Å². The van der Waals surface area contributed by atoms with E-state index in [0.29, 0.717) is 17.1 Å². The first-order valence-corrected chi connectivity index (χ1v) is 14.9. The summed E-state index contributed by atoms with van der Waals surface area (Å²) < 4.78 is 0.958. The zero-order valence-electron chi connectivity index (χ0n) is 20.8. The summed E-state index contributed by atoms with van der Waals surface area (Å²) >= 11 is 9.30. The highest BCUT2D eigenvalue weighted by atomic mass is 127. The lowest BCUT2D eigenvalue weighted by molar-refractivity contribution is -0.129. The third-order valence-corrected chi connectivity index (χ3v) is 10.2. The highest BCUT2D eigenvalue weighted by Crippen LogP contribution is 2.59. The molecule has 7 heteroatoms. The Morgan fingerprint density at radius 3 is 2.64 bits per heavy atom. The van der Waals surface area contributed by atoms with Gasteiger partial charge < -0.3 is 15.3 Å². The van der Waals surface area contributed by atoms with Crippen molar-refractivity contribution in [1.82, 2.24) is 10.2 Å². The number of aliphatic hydroxyl groups is 1. The molecule has 192 valence electrons. The topological polar surface area (TPSA) is 69.6 Å². The van der Waals surface area contributed by atoms with Gasteiger partial charge >= 0.3 is 0 Å². The molecular formula is C29H34ClIN2O3. The molecule has 0 bridgehead atoms. The number of carbonyl (C=O) groups is 2. The molecule has 2 amide bonds. The molecule has 5 rings (SSSR count). The monoisotopic (exact) mass is 620 g/mol. The molecule has 6 atom stereocenters. The minimum Gasteiger partial charge on any atom is -0.394 e. The lowest BCUT2D eigenvalue weighted by atomic mass is 9.56. The van der Waals surface area contributed by atoms with Crippen molar-refractivity contribution < 1.29 is 14.7 Å². The van der Waals surface area contributed by atoms with Gasteiger partial charge in [0.1, 0.15) is 0 Å². The van der Waals surface area contributed by atoms with Gasteiger partial charge in [-0.15, -0.1) is 0 Å². The Hall–Kier alpha value is -1.64. The predicted octanol–water partition coefficient (Wildman–Crippen LogP) is 5.67. The SMILES string of the molecule is C[C@H]1NC(=O)[C@]2(C)CC[C@@H](c3ccc(C(=O)N4CCC[C@H]4CO)cc3Cl)[C@H](c3ccc(CI)cc3)[C@H]12. The second-order valence-corrected chi connectivity index (χ2v) is 12.1. The largest absolute Gasteiger partial charge is 0.394 e. The lowest BCUT2D eigenvalue weighted by Gasteiger charge is -2.46. The quantitative estimate of drug-likeness (QED) is 0.334. The maximum atomic E-state index is 13.2. The van der Waals surface area contributed by atoms with Crippen molar-refractivity contribution >= 4 is 46.0 Å². The van der Waals surface area contributed by atoms with Gasteiger partial charge in [0, 0.05) is 33.5 Å². The molecule has 0 spiro atoms. The first-order valence-electron chi connectivity index (χ1n) is 13.0. The van der Waals surface area contributed by atoms with Gasteiger partial charge in [0.15, 0.2) is 0 Å². The molecule has 2 aromatic carbocycles. The van der Waals surface area contributed by atoms with E-state index in [1.807, 2.05) is 12.1 Å². The third-order valence-electron chi connectivity index (χ3n) is 8.96. The number of benzene rings is 2. The Morgan fingerprint density at radius 1 is 1.22 bits per heavy atom. The standard InChI is InChI=1S/C29H34ClIN2O3/c1-17-26-25(19-7-5-18(15-31)6-8-19)23(11-12-29(26,2)28(36)32-17)22-10-9-20(14-24(22)30)27(35)33-13-3-4-21(33)16-34/h5-10,14,17,21,23,25-26,34H,3-4,11-13,15-16H2,1-2H3,(H,32,36)/t17-,21+,23+,25+,26+,29-/m1/s1. The maximum absolute atomic E-state index is 13.2. The van der Waals surface area contributed by atoms with Crippen molar-refractivity contribution in [3.63, 3.8) is 0 Å². The van der Waals surface area contributed by atoms with Crippen LogP contribution in [0.1, 0.15) is 78.4 Å². The average molecular weight is 621 g/mol. The molecule has 5 nitrogen and oxygen atoms in total. The number of rotatable bonds is 5. The Kier molecular flexibility index (Phi) is 7.40. The number of fused-ring (bicyclic) bond motifs is 1. The van der Waals surface area contributed by atoms with E-state index in [9.17, 15) is 14.7 Å². The van der Waals surface area contributed by atoms with Crippen LogP contribution < -0.4 is 5.32 Å². The van der Waals surface area contributed by atoms with Crippen LogP contribution in [0.25, 0.3) is 0 Å². The van der Waals surface area contributed by atoms with E-state index in [1.54, 1.807) is 11.0 Å². The van der Waals surface area contributed by atoms with E-state index in [2.05, 4.69) is 66.0 Å². The molecule has 1 saturated carbocycles. The highest BCUT2D eigenvalue weighted by molar-refractivity contribution is 14.1. The number of nitrogens with one attached hydrogen (secondary N) is 1. The van der Waals surface area contributed by atoms with Gasteiger partial charge in [-0.2, -0.15) is 0 Å². The van der Waals surface area contributed by atoms with Gasteiger partial charge in [-0.1, -0.05) is 71.4 Å². The molecule has 36 heavy (non-hydrogen) atoms. The normalized spacial score (nSPS) is 31.9. The second-order valence-electron chi connectivity index (χ2n) is 11.0. The summed E-state index contributed by atoms with van der Waals surface area (Å²) in [5.74, 6) is 0.529. The summed E-state index contributed by atoms with van der Waals surface area (Å²) in [4.78, 5) is 28.0. The zero-order chi connectivity index (χ0) is 25.6. The van der Waals surface area contributed by atoms with Gasteiger partial charge in [0.2, 0.25) is 5.91 Å². The summed E-state index contributed by atoms with van der Waals surface area (Å²) in [7, 11) is 0. The molecule has 3 fully saturated rings. The van der Waals surface area contributed by atoms with Gasteiger partial charge in [-0.05, 0) is 73.3 Å². The third kappa shape index (κ3) is 4.37. The summed E-state index contributed by atoms with van der Waals surface area (Å²) in [5, 5.41) is 13.5. The van der Waals surface area contributed by atoms with Crippen LogP contribution in [-0.4, -0.2) is 47.1 Å². The van der Waals surface area contributed by atoms with E-state index in [4.69, 9.17) is 11.6 Å². The molecule has 0 unspecified atom stereocenters. The molecule has 0 radical (unpaired) electrons. The summed E-state index contributed by atoms with van der Waals surface area (Å²) in [6.07, 6.45) is 3.41. The zero-order valence-corrected chi connectivity index (χ0v) is 23.8. The number of carbonyl (C=O) groups excluding carboxylic acids is 2.